The second kappa shape index (κ2) is 7.57. The number of hydrogen-bond acceptors (Lipinski definition) is 4. The number of nitrogens with one attached hydrogen (secondary N) is 1. The minimum atomic E-state index is -0.255. The van der Waals surface area contributed by atoms with Gasteiger partial charge in [-0.2, -0.15) is 0 Å². The Balaban J connectivity index is 1.60. The first-order valence-corrected chi connectivity index (χ1v) is 8.49. The van der Waals surface area contributed by atoms with Crippen LogP contribution in [0.25, 0.3) is 0 Å². The molecule has 1 amide bonds. The topological polar surface area (TPSA) is 50.8 Å². The Hall–Kier alpha value is -2.53. The van der Waals surface area contributed by atoms with Gasteiger partial charge < -0.3 is 14.8 Å². The molecule has 0 saturated heterocycles. The molecule has 25 heavy (non-hydrogen) atoms. The normalized spacial score (nSPS) is 14.2. The molecule has 0 unspecified atom stereocenters. The van der Waals surface area contributed by atoms with Crippen molar-refractivity contribution >= 4 is 11.6 Å². The minimum absolute atomic E-state index is 0.0497. The molecule has 2 aromatic rings. The largest absolute Gasteiger partial charge is 0.486 e. The summed E-state index contributed by atoms with van der Waals surface area (Å²) in [6.45, 7) is 5.77. The van der Waals surface area contributed by atoms with Crippen LogP contribution in [0.15, 0.2) is 42.5 Å². The Kier molecular flexibility index (Phi) is 5.24. The Bertz CT molecular complexity index is 743. The number of benzene rings is 2. The van der Waals surface area contributed by atoms with Gasteiger partial charge in [0.25, 0.3) is 0 Å². The van der Waals surface area contributed by atoms with Crippen LogP contribution in [0, 0.1) is 6.92 Å². The van der Waals surface area contributed by atoms with E-state index in [0.717, 1.165) is 6.54 Å². The highest BCUT2D eigenvalue weighted by atomic mass is 16.6. The summed E-state index contributed by atoms with van der Waals surface area (Å²) in [4.78, 5) is 14.6. The second-order valence-electron chi connectivity index (χ2n) is 6.42. The second-order valence-corrected chi connectivity index (χ2v) is 6.42. The van der Waals surface area contributed by atoms with Crippen molar-refractivity contribution in [3.05, 3.63) is 53.6 Å². The van der Waals surface area contributed by atoms with Crippen molar-refractivity contribution < 1.29 is 14.3 Å². The molecule has 5 nitrogen and oxygen atoms in total. The van der Waals surface area contributed by atoms with Gasteiger partial charge in [0, 0.05) is 18.3 Å². The van der Waals surface area contributed by atoms with Crippen molar-refractivity contribution in [2.24, 2.45) is 0 Å². The maximum atomic E-state index is 12.5. The molecule has 5 heteroatoms. The van der Waals surface area contributed by atoms with Gasteiger partial charge in [0.05, 0.1) is 6.04 Å². The van der Waals surface area contributed by atoms with Crippen LogP contribution < -0.4 is 14.8 Å². The summed E-state index contributed by atoms with van der Waals surface area (Å²) in [6, 6.07) is 13.6. The predicted octanol–water partition coefficient (Wildman–Crippen LogP) is 3.23. The molecule has 0 saturated carbocycles. The molecule has 0 aromatic heterocycles. The summed E-state index contributed by atoms with van der Waals surface area (Å²) < 4.78 is 11.1. The number of rotatable bonds is 5. The lowest BCUT2D eigenvalue weighted by atomic mass is 10.1. The van der Waals surface area contributed by atoms with E-state index in [2.05, 4.69) is 36.5 Å². The molecule has 0 fully saturated rings. The molecule has 132 valence electrons. The minimum Gasteiger partial charge on any atom is -0.486 e. The van der Waals surface area contributed by atoms with Gasteiger partial charge in [0.2, 0.25) is 5.91 Å². The van der Waals surface area contributed by atoms with E-state index in [1.165, 1.54) is 11.1 Å². The fourth-order valence-corrected chi connectivity index (χ4v) is 2.69. The third kappa shape index (κ3) is 4.31. The van der Waals surface area contributed by atoms with E-state index in [0.29, 0.717) is 30.4 Å². The zero-order valence-electron chi connectivity index (χ0n) is 14.9. The zero-order chi connectivity index (χ0) is 17.8. The first-order chi connectivity index (χ1) is 12.0. The molecule has 1 aliphatic heterocycles. The van der Waals surface area contributed by atoms with Crippen molar-refractivity contribution in [2.75, 3.05) is 25.6 Å². The monoisotopic (exact) mass is 340 g/mol. The van der Waals surface area contributed by atoms with Crippen molar-refractivity contribution in [3.8, 4) is 11.5 Å². The van der Waals surface area contributed by atoms with E-state index in [1.807, 2.05) is 31.0 Å². The smallest absolute Gasteiger partial charge is 0.241 e. The highest BCUT2D eigenvalue weighted by Crippen LogP contribution is 2.32. The molecular formula is C20H24N2O3. The van der Waals surface area contributed by atoms with E-state index in [1.54, 1.807) is 6.07 Å². The van der Waals surface area contributed by atoms with E-state index in [4.69, 9.17) is 9.47 Å². The van der Waals surface area contributed by atoms with Gasteiger partial charge >= 0.3 is 0 Å². The Morgan fingerprint density at radius 1 is 1.12 bits per heavy atom. The van der Waals surface area contributed by atoms with Gasteiger partial charge in [-0.05, 0) is 38.6 Å². The first-order valence-electron chi connectivity index (χ1n) is 8.49. The summed E-state index contributed by atoms with van der Waals surface area (Å²) >= 11 is 0. The third-order valence-corrected chi connectivity index (χ3v) is 4.40. The van der Waals surface area contributed by atoms with Crippen molar-refractivity contribution in [1.29, 1.82) is 0 Å². The number of hydrogen-bond donors (Lipinski definition) is 1. The lowest BCUT2D eigenvalue weighted by Crippen LogP contribution is -2.39. The average Bonchev–Trinajstić information content (AvgIpc) is 2.62. The number of anilines is 1. The van der Waals surface area contributed by atoms with Crippen LogP contribution in [0.3, 0.4) is 0 Å². The lowest BCUT2D eigenvalue weighted by Gasteiger charge is -2.24. The first kappa shape index (κ1) is 17.3. The summed E-state index contributed by atoms with van der Waals surface area (Å²) in [5, 5.41) is 2.95. The van der Waals surface area contributed by atoms with Gasteiger partial charge in [-0.3, -0.25) is 9.69 Å². The molecule has 0 aliphatic carbocycles. The fourth-order valence-electron chi connectivity index (χ4n) is 2.69. The van der Waals surface area contributed by atoms with Crippen molar-refractivity contribution in [1.82, 2.24) is 4.90 Å². The van der Waals surface area contributed by atoms with Crippen LogP contribution in [0.1, 0.15) is 18.1 Å². The van der Waals surface area contributed by atoms with Crippen molar-refractivity contribution in [2.45, 2.75) is 26.4 Å². The Morgan fingerprint density at radius 3 is 2.52 bits per heavy atom. The molecule has 2 aromatic carbocycles. The highest BCUT2D eigenvalue weighted by Gasteiger charge is 2.19. The number of nitrogens with zero attached hydrogens (tertiary/aromatic N) is 1. The van der Waals surface area contributed by atoms with Gasteiger partial charge in [0.1, 0.15) is 13.2 Å². The summed E-state index contributed by atoms with van der Waals surface area (Å²) in [6.07, 6.45) is 0. The molecule has 1 atom stereocenters. The zero-order valence-corrected chi connectivity index (χ0v) is 14.9. The number of fused-ring (bicyclic) bond motifs is 1. The number of aryl methyl sites for hydroxylation is 1. The Morgan fingerprint density at radius 2 is 1.80 bits per heavy atom. The standard InChI is InChI=1S/C20H24N2O3/c1-14-4-6-16(7-5-14)13-22(3)15(2)20(23)21-17-8-9-18-19(12-17)25-11-10-24-18/h4-9,12,15H,10-11,13H2,1-3H3,(H,21,23)/t15-/m0/s1. The molecule has 1 N–H and O–H groups in total. The number of carbonyl (C=O) groups is 1. The SMILES string of the molecule is Cc1ccc(CN(C)[C@@H](C)C(=O)Nc2ccc3c(c2)OCCO3)cc1. The fraction of sp³-hybridized carbons (Fsp3) is 0.350. The molecule has 1 heterocycles. The van der Waals surface area contributed by atoms with Gasteiger partial charge in [-0.15, -0.1) is 0 Å². The quantitative estimate of drug-likeness (QED) is 0.908. The van der Waals surface area contributed by atoms with E-state index in [-0.39, 0.29) is 11.9 Å². The van der Waals surface area contributed by atoms with Gasteiger partial charge in [-0.1, -0.05) is 29.8 Å². The molecule has 3 rings (SSSR count). The Labute approximate surface area is 148 Å². The molecular weight excluding hydrogens is 316 g/mol. The van der Waals surface area contributed by atoms with Gasteiger partial charge in [0.15, 0.2) is 11.5 Å². The molecule has 0 radical (unpaired) electrons. The molecule has 1 aliphatic rings. The van der Waals surface area contributed by atoms with Gasteiger partial charge in [-0.25, -0.2) is 0 Å². The highest BCUT2D eigenvalue weighted by molar-refractivity contribution is 5.94. The van der Waals surface area contributed by atoms with Crippen LogP contribution in [0.4, 0.5) is 5.69 Å². The lowest BCUT2D eigenvalue weighted by molar-refractivity contribution is -0.120. The van der Waals surface area contributed by atoms with E-state index >= 15 is 0 Å². The van der Waals surface area contributed by atoms with Crippen LogP contribution in [-0.2, 0) is 11.3 Å². The number of ether oxygens (including phenoxy) is 2. The summed E-state index contributed by atoms with van der Waals surface area (Å²) in [5.41, 5.74) is 3.13. The third-order valence-electron chi connectivity index (χ3n) is 4.40. The number of likely N-dealkylation sites (N-methyl/N-ethyl adjacent to an activating group) is 1. The van der Waals surface area contributed by atoms with Crippen LogP contribution in [0.5, 0.6) is 11.5 Å². The van der Waals surface area contributed by atoms with E-state index in [9.17, 15) is 4.79 Å². The summed E-state index contributed by atoms with van der Waals surface area (Å²) in [5.74, 6) is 1.34. The van der Waals surface area contributed by atoms with Crippen molar-refractivity contribution in [3.63, 3.8) is 0 Å². The number of carbonyl (C=O) groups excluding carboxylic acids is 1. The summed E-state index contributed by atoms with van der Waals surface area (Å²) in [7, 11) is 1.95. The molecule has 0 bridgehead atoms. The van der Waals surface area contributed by atoms with E-state index < -0.39 is 0 Å². The van der Waals surface area contributed by atoms with Crippen LogP contribution >= 0.6 is 0 Å². The number of amides is 1. The van der Waals surface area contributed by atoms with Crippen LogP contribution in [0.2, 0.25) is 0 Å². The average molecular weight is 340 g/mol. The molecule has 0 spiro atoms. The predicted molar refractivity (Wildman–Crippen MR) is 98.2 cm³/mol. The maximum Gasteiger partial charge on any atom is 0.241 e. The van der Waals surface area contributed by atoms with Crippen LogP contribution in [-0.4, -0.2) is 37.1 Å². The maximum absolute atomic E-state index is 12.5.